The van der Waals surface area contributed by atoms with E-state index in [0.29, 0.717) is 12.5 Å². The molecule has 3 nitrogen and oxygen atoms in total. The molecule has 0 bridgehead atoms. The van der Waals surface area contributed by atoms with Crippen LogP contribution in [0.2, 0.25) is 0 Å². The fraction of sp³-hybridized carbons (Fsp3) is 0.217. The van der Waals surface area contributed by atoms with Gasteiger partial charge in [0.2, 0.25) is 5.90 Å². The molecule has 4 rings (SSSR count). The second-order valence-electron chi connectivity index (χ2n) is 6.58. The Bertz CT molecular complexity index is 872. The quantitative estimate of drug-likeness (QED) is 0.604. The van der Waals surface area contributed by atoms with Crippen molar-refractivity contribution in [2.24, 2.45) is 4.99 Å². The van der Waals surface area contributed by atoms with Crippen molar-refractivity contribution in [2.45, 2.75) is 25.5 Å². The maximum absolute atomic E-state index is 5.76. The molecule has 27 heavy (non-hydrogen) atoms. The summed E-state index contributed by atoms with van der Waals surface area (Å²) < 4.78 is 5.76. The van der Waals surface area contributed by atoms with E-state index in [1.54, 1.807) is 0 Å². The largest absolute Gasteiger partial charge is 0.474 e. The lowest BCUT2D eigenvalue weighted by atomic mass is 10.3. The SMILES string of the molecule is CCC1COC(c2cccc(CP(c3ccccc3)c3ccccc3)n2)=N1. The molecule has 3 aromatic rings. The summed E-state index contributed by atoms with van der Waals surface area (Å²) in [4.78, 5) is 9.53. The van der Waals surface area contributed by atoms with Crippen LogP contribution in [0.1, 0.15) is 24.7 Å². The number of pyridine rings is 1. The summed E-state index contributed by atoms with van der Waals surface area (Å²) in [5, 5.41) is 2.73. The number of ether oxygens (including phenoxy) is 1. The smallest absolute Gasteiger partial charge is 0.235 e. The van der Waals surface area contributed by atoms with Gasteiger partial charge in [-0.1, -0.05) is 73.7 Å². The predicted octanol–water partition coefficient (Wildman–Crippen LogP) is 4.27. The topological polar surface area (TPSA) is 34.5 Å². The van der Waals surface area contributed by atoms with E-state index in [4.69, 9.17) is 9.72 Å². The van der Waals surface area contributed by atoms with E-state index in [9.17, 15) is 0 Å². The van der Waals surface area contributed by atoms with E-state index >= 15 is 0 Å². The first-order valence-corrected chi connectivity index (χ1v) is 10.9. The van der Waals surface area contributed by atoms with Gasteiger partial charge in [0.05, 0.1) is 6.04 Å². The predicted molar refractivity (Wildman–Crippen MR) is 114 cm³/mol. The van der Waals surface area contributed by atoms with Crippen LogP contribution in [0.4, 0.5) is 0 Å². The van der Waals surface area contributed by atoms with Gasteiger partial charge in [-0.25, -0.2) is 9.98 Å². The molecule has 0 aliphatic carbocycles. The van der Waals surface area contributed by atoms with Crippen molar-refractivity contribution in [3.63, 3.8) is 0 Å². The zero-order valence-corrected chi connectivity index (χ0v) is 16.3. The van der Waals surface area contributed by atoms with Crippen molar-refractivity contribution in [1.82, 2.24) is 4.98 Å². The first-order chi connectivity index (χ1) is 13.3. The fourth-order valence-electron chi connectivity index (χ4n) is 3.16. The summed E-state index contributed by atoms with van der Waals surface area (Å²) in [5.74, 6) is 0.687. The van der Waals surface area contributed by atoms with Crippen LogP contribution in [-0.4, -0.2) is 23.5 Å². The van der Waals surface area contributed by atoms with E-state index in [1.807, 2.05) is 6.07 Å². The lowest BCUT2D eigenvalue weighted by Crippen LogP contribution is -2.14. The first-order valence-electron chi connectivity index (χ1n) is 9.38. The van der Waals surface area contributed by atoms with E-state index < -0.39 is 7.92 Å². The Morgan fingerprint density at radius 3 is 2.15 bits per heavy atom. The van der Waals surface area contributed by atoms with Crippen LogP contribution in [0.25, 0.3) is 0 Å². The van der Waals surface area contributed by atoms with Gasteiger partial charge in [0.25, 0.3) is 0 Å². The van der Waals surface area contributed by atoms with Crippen molar-refractivity contribution in [3.8, 4) is 0 Å². The second-order valence-corrected chi connectivity index (χ2v) is 8.78. The van der Waals surface area contributed by atoms with E-state index in [0.717, 1.165) is 24.0 Å². The number of benzene rings is 2. The summed E-state index contributed by atoms with van der Waals surface area (Å²) in [7, 11) is -0.507. The Hall–Kier alpha value is -2.51. The van der Waals surface area contributed by atoms with Crippen molar-refractivity contribution in [2.75, 3.05) is 6.61 Å². The van der Waals surface area contributed by atoms with E-state index in [-0.39, 0.29) is 6.04 Å². The van der Waals surface area contributed by atoms with Crippen LogP contribution in [0.15, 0.2) is 83.9 Å². The lowest BCUT2D eigenvalue weighted by molar-refractivity contribution is 0.314. The Labute approximate surface area is 161 Å². The molecule has 0 N–H and O–H groups in total. The molecule has 4 heteroatoms. The summed E-state index contributed by atoms with van der Waals surface area (Å²) >= 11 is 0. The van der Waals surface area contributed by atoms with Crippen molar-refractivity contribution >= 4 is 24.4 Å². The first kappa shape index (κ1) is 17.9. The van der Waals surface area contributed by atoms with Gasteiger partial charge < -0.3 is 4.74 Å². The van der Waals surface area contributed by atoms with Gasteiger partial charge in [-0.2, -0.15) is 0 Å². The molecule has 0 saturated heterocycles. The lowest BCUT2D eigenvalue weighted by Gasteiger charge is -2.18. The standard InChI is InChI=1S/C23H23N2OP/c1-2-18-16-26-23(25-18)22-15-9-10-19(24-22)17-27(20-11-5-3-6-12-20)21-13-7-4-8-14-21/h3-15,18H,2,16-17H2,1H3. The highest BCUT2D eigenvalue weighted by molar-refractivity contribution is 7.72. The molecule has 0 fully saturated rings. The number of rotatable bonds is 6. The van der Waals surface area contributed by atoms with Crippen LogP contribution in [-0.2, 0) is 10.9 Å². The molecular formula is C23H23N2OP. The normalized spacial score (nSPS) is 16.2. The zero-order chi connectivity index (χ0) is 18.5. The average Bonchev–Trinajstić information content (AvgIpc) is 3.23. The van der Waals surface area contributed by atoms with E-state index in [1.165, 1.54) is 10.6 Å². The van der Waals surface area contributed by atoms with Gasteiger partial charge >= 0.3 is 0 Å². The maximum atomic E-state index is 5.76. The van der Waals surface area contributed by atoms with Gasteiger partial charge in [-0.3, -0.25) is 0 Å². The third-order valence-electron chi connectivity index (χ3n) is 4.67. The zero-order valence-electron chi connectivity index (χ0n) is 15.5. The fourth-order valence-corrected chi connectivity index (χ4v) is 5.39. The van der Waals surface area contributed by atoms with Gasteiger partial charge in [0.15, 0.2) is 0 Å². The summed E-state index contributed by atoms with van der Waals surface area (Å²) in [6.45, 7) is 2.80. The molecular weight excluding hydrogens is 351 g/mol. The summed E-state index contributed by atoms with van der Waals surface area (Å²) in [5.41, 5.74) is 1.93. The van der Waals surface area contributed by atoms with Crippen LogP contribution in [0.5, 0.6) is 0 Å². The summed E-state index contributed by atoms with van der Waals surface area (Å²) in [6, 6.07) is 27.9. The molecule has 1 aromatic heterocycles. The van der Waals surface area contributed by atoms with Crippen molar-refractivity contribution < 1.29 is 4.74 Å². The number of aromatic nitrogens is 1. The molecule has 136 valence electrons. The third kappa shape index (κ3) is 4.26. The number of nitrogens with zero attached hydrogens (tertiary/aromatic N) is 2. The number of aliphatic imine (C=N–C) groups is 1. The molecule has 0 spiro atoms. The van der Waals surface area contributed by atoms with Crippen LogP contribution < -0.4 is 10.6 Å². The average molecular weight is 374 g/mol. The van der Waals surface area contributed by atoms with Crippen LogP contribution in [0.3, 0.4) is 0 Å². The molecule has 1 atom stereocenters. The minimum atomic E-state index is -0.507. The van der Waals surface area contributed by atoms with Gasteiger partial charge in [0.1, 0.15) is 12.3 Å². The van der Waals surface area contributed by atoms with E-state index in [2.05, 4.69) is 84.7 Å². The summed E-state index contributed by atoms with van der Waals surface area (Å²) in [6.07, 6.45) is 1.90. The molecule has 2 aromatic carbocycles. The number of hydrogen-bond donors (Lipinski definition) is 0. The van der Waals surface area contributed by atoms with Gasteiger partial charge in [0, 0.05) is 11.9 Å². The minimum Gasteiger partial charge on any atom is -0.474 e. The molecule has 1 aliphatic rings. The van der Waals surface area contributed by atoms with Crippen molar-refractivity contribution in [3.05, 3.63) is 90.3 Å². The molecule has 1 unspecified atom stereocenters. The number of hydrogen-bond acceptors (Lipinski definition) is 3. The second kappa shape index (κ2) is 8.45. The minimum absolute atomic E-state index is 0.260. The molecule has 0 radical (unpaired) electrons. The Kier molecular flexibility index (Phi) is 5.60. The van der Waals surface area contributed by atoms with Crippen LogP contribution in [0, 0.1) is 0 Å². The molecule has 2 heterocycles. The highest BCUT2D eigenvalue weighted by Gasteiger charge is 2.20. The Balaban J connectivity index is 1.63. The highest BCUT2D eigenvalue weighted by Crippen LogP contribution is 2.37. The van der Waals surface area contributed by atoms with Crippen molar-refractivity contribution in [1.29, 1.82) is 0 Å². The monoisotopic (exact) mass is 374 g/mol. The Morgan fingerprint density at radius 2 is 1.56 bits per heavy atom. The highest BCUT2D eigenvalue weighted by atomic mass is 31.1. The molecule has 0 saturated carbocycles. The van der Waals surface area contributed by atoms with Gasteiger partial charge in [-0.05, 0) is 37.1 Å². The third-order valence-corrected chi connectivity index (χ3v) is 7.15. The molecule has 0 amide bonds. The van der Waals surface area contributed by atoms with Gasteiger partial charge in [-0.15, -0.1) is 0 Å². The van der Waals surface area contributed by atoms with Crippen LogP contribution >= 0.6 is 7.92 Å². The molecule has 1 aliphatic heterocycles. The maximum Gasteiger partial charge on any atom is 0.235 e. The Morgan fingerprint density at radius 1 is 0.889 bits per heavy atom.